The highest BCUT2D eigenvalue weighted by atomic mass is 16.5. The SMILES string of the molecule is CCCC(=O)Nc1ccc2c(c1)C(=O)N(C)C[C@H](OC)[C@H](C)CN(Cc1cncnc1)[C@H](C)CO2. The molecule has 0 saturated heterocycles. The lowest BCUT2D eigenvalue weighted by Gasteiger charge is -2.36. The molecule has 1 aliphatic rings. The Labute approximate surface area is 207 Å². The summed E-state index contributed by atoms with van der Waals surface area (Å²) in [7, 11) is 3.45. The maximum absolute atomic E-state index is 13.4. The van der Waals surface area contributed by atoms with Gasteiger partial charge < -0.3 is 19.7 Å². The van der Waals surface area contributed by atoms with Crippen LogP contribution in [0.5, 0.6) is 5.75 Å². The number of carbonyl (C=O) groups is 2. The summed E-state index contributed by atoms with van der Waals surface area (Å²) in [5, 5.41) is 2.87. The number of ether oxygens (including phenoxy) is 2. The number of methoxy groups -OCH3 is 1. The van der Waals surface area contributed by atoms with Gasteiger partial charge in [0.2, 0.25) is 5.91 Å². The van der Waals surface area contributed by atoms with E-state index < -0.39 is 0 Å². The van der Waals surface area contributed by atoms with Crippen LogP contribution in [0.2, 0.25) is 0 Å². The van der Waals surface area contributed by atoms with Crippen molar-refractivity contribution in [3.05, 3.63) is 48.0 Å². The van der Waals surface area contributed by atoms with Gasteiger partial charge >= 0.3 is 0 Å². The van der Waals surface area contributed by atoms with E-state index in [2.05, 4.69) is 34.0 Å². The van der Waals surface area contributed by atoms with Crippen molar-refractivity contribution < 1.29 is 19.1 Å². The average Bonchev–Trinajstić information content (AvgIpc) is 2.85. The molecule has 2 heterocycles. The van der Waals surface area contributed by atoms with E-state index in [1.807, 2.05) is 19.3 Å². The normalized spacial score (nSPS) is 21.9. The molecule has 9 nitrogen and oxygen atoms in total. The standard InChI is InChI=1S/C26H37N5O4/c1-6-7-25(32)29-21-8-9-23-22(10-21)26(33)30(4)15-24(34-5)18(2)13-31(19(3)16-35-23)14-20-11-27-17-28-12-20/h8-12,17-19,24H,6-7,13-16H2,1-5H3,(H,29,32)/t18-,19-,24+/m1/s1. The van der Waals surface area contributed by atoms with Crippen molar-refractivity contribution in [2.75, 3.05) is 39.2 Å². The summed E-state index contributed by atoms with van der Waals surface area (Å²) >= 11 is 0. The first-order valence-corrected chi connectivity index (χ1v) is 12.1. The van der Waals surface area contributed by atoms with Crippen molar-refractivity contribution >= 4 is 17.5 Å². The van der Waals surface area contributed by atoms with Crippen LogP contribution in [-0.2, 0) is 16.1 Å². The van der Waals surface area contributed by atoms with Gasteiger partial charge in [-0.15, -0.1) is 0 Å². The molecular formula is C26H37N5O4. The zero-order valence-corrected chi connectivity index (χ0v) is 21.4. The summed E-state index contributed by atoms with van der Waals surface area (Å²) in [6.45, 7) is 8.45. The number of nitrogens with one attached hydrogen (secondary N) is 1. The zero-order chi connectivity index (χ0) is 25.4. The molecule has 1 aromatic heterocycles. The maximum atomic E-state index is 13.4. The summed E-state index contributed by atoms with van der Waals surface area (Å²) in [5.74, 6) is 0.394. The number of rotatable bonds is 6. The Kier molecular flexibility index (Phi) is 9.56. The predicted molar refractivity (Wildman–Crippen MR) is 134 cm³/mol. The fourth-order valence-electron chi connectivity index (χ4n) is 4.25. The number of anilines is 1. The van der Waals surface area contributed by atoms with E-state index in [9.17, 15) is 9.59 Å². The molecule has 0 fully saturated rings. The first-order chi connectivity index (χ1) is 16.8. The van der Waals surface area contributed by atoms with Crippen molar-refractivity contribution in [2.24, 2.45) is 5.92 Å². The maximum Gasteiger partial charge on any atom is 0.257 e. The highest BCUT2D eigenvalue weighted by Crippen LogP contribution is 2.27. The highest BCUT2D eigenvalue weighted by Gasteiger charge is 2.28. The minimum Gasteiger partial charge on any atom is -0.491 e. The van der Waals surface area contributed by atoms with E-state index in [1.165, 1.54) is 6.33 Å². The van der Waals surface area contributed by atoms with Gasteiger partial charge in [0.1, 0.15) is 18.7 Å². The van der Waals surface area contributed by atoms with Gasteiger partial charge in [-0.1, -0.05) is 13.8 Å². The number of benzene rings is 1. The number of amides is 2. The Balaban J connectivity index is 1.92. The molecule has 3 atom stereocenters. The number of fused-ring (bicyclic) bond motifs is 1. The first-order valence-electron chi connectivity index (χ1n) is 12.1. The minimum absolute atomic E-state index is 0.0548. The molecule has 1 aromatic carbocycles. The number of nitrogens with zero attached hydrogens (tertiary/aromatic N) is 4. The second-order valence-electron chi connectivity index (χ2n) is 9.28. The third-order valence-corrected chi connectivity index (χ3v) is 6.33. The van der Waals surface area contributed by atoms with Crippen LogP contribution in [-0.4, -0.2) is 77.6 Å². The monoisotopic (exact) mass is 483 g/mol. The summed E-state index contributed by atoms with van der Waals surface area (Å²) in [5.41, 5.74) is 2.02. The van der Waals surface area contributed by atoms with Crippen molar-refractivity contribution in [3.8, 4) is 5.75 Å². The molecule has 1 aliphatic heterocycles. The molecule has 35 heavy (non-hydrogen) atoms. The molecule has 0 spiro atoms. The van der Waals surface area contributed by atoms with Crippen molar-refractivity contribution in [1.82, 2.24) is 19.8 Å². The molecule has 0 aliphatic carbocycles. The topological polar surface area (TPSA) is 96.9 Å². The molecule has 0 radical (unpaired) electrons. The predicted octanol–water partition coefficient (Wildman–Crippen LogP) is 3.22. The molecule has 9 heteroatoms. The third kappa shape index (κ3) is 7.22. The minimum atomic E-state index is -0.174. The molecule has 0 saturated carbocycles. The summed E-state index contributed by atoms with van der Waals surface area (Å²) in [4.78, 5) is 37.8. The molecule has 2 amide bonds. The second-order valence-corrected chi connectivity index (χ2v) is 9.28. The number of carbonyl (C=O) groups excluding carboxylic acids is 2. The largest absolute Gasteiger partial charge is 0.491 e. The molecular weight excluding hydrogens is 446 g/mol. The lowest BCUT2D eigenvalue weighted by Crippen LogP contribution is -2.46. The number of aromatic nitrogens is 2. The van der Waals surface area contributed by atoms with E-state index in [0.717, 1.165) is 18.5 Å². The van der Waals surface area contributed by atoms with Crippen LogP contribution in [0, 0.1) is 5.92 Å². The fraction of sp³-hybridized carbons (Fsp3) is 0.538. The van der Waals surface area contributed by atoms with Crippen LogP contribution in [0.4, 0.5) is 5.69 Å². The Bertz CT molecular complexity index is 987. The molecule has 3 rings (SSSR count). The van der Waals surface area contributed by atoms with Gasteiger partial charge in [-0.05, 0) is 37.5 Å². The van der Waals surface area contributed by atoms with Crippen LogP contribution in [0.1, 0.15) is 49.5 Å². The quantitative estimate of drug-likeness (QED) is 0.674. The van der Waals surface area contributed by atoms with Gasteiger partial charge in [-0.3, -0.25) is 14.5 Å². The van der Waals surface area contributed by atoms with E-state index in [-0.39, 0.29) is 29.9 Å². The first kappa shape index (κ1) is 26.6. The number of hydrogen-bond acceptors (Lipinski definition) is 7. The molecule has 190 valence electrons. The van der Waals surface area contributed by atoms with Gasteiger partial charge in [0, 0.05) is 69.9 Å². The van der Waals surface area contributed by atoms with Crippen molar-refractivity contribution in [1.29, 1.82) is 0 Å². The van der Waals surface area contributed by atoms with Gasteiger partial charge in [0.25, 0.3) is 5.91 Å². The molecule has 1 N–H and O–H groups in total. The lowest BCUT2D eigenvalue weighted by molar-refractivity contribution is -0.116. The van der Waals surface area contributed by atoms with E-state index in [0.29, 0.717) is 43.1 Å². The highest BCUT2D eigenvalue weighted by molar-refractivity contribution is 5.99. The number of likely N-dealkylation sites (N-methyl/N-ethyl adjacent to an activating group) is 1. The zero-order valence-electron chi connectivity index (χ0n) is 21.4. The van der Waals surface area contributed by atoms with Crippen LogP contribution in [0.25, 0.3) is 0 Å². The Morgan fingerprint density at radius 1 is 1.23 bits per heavy atom. The van der Waals surface area contributed by atoms with E-state index in [4.69, 9.17) is 9.47 Å². The van der Waals surface area contributed by atoms with Gasteiger partial charge in [-0.25, -0.2) is 9.97 Å². The molecule has 0 unspecified atom stereocenters. The van der Waals surface area contributed by atoms with E-state index >= 15 is 0 Å². The summed E-state index contributed by atoms with van der Waals surface area (Å²) in [6.07, 6.45) is 6.20. The molecule has 2 aromatic rings. The Morgan fingerprint density at radius 3 is 2.66 bits per heavy atom. The third-order valence-electron chi connectivity index (χ3n) is 6.33. The number of hydrogen-bond donors (Lipinski definition) is 1. The van der Waals surface area contributed by atoms with Crippen LogP contribution in [0.15, 0.2) is 36.9 Å². The lowest BCUT2D eigenvalue weighted by atomic mass is 10.0. The van der Waals surface area contributed by atoms with Gasteiger partial charge in [0.15, 0.2) is 0 Å². The van der Waals surface area contributed by atoms with E-state index in [1.54, 1.807) is 37.3 Å². The van der Waals surface area contributed by atoms with Gasteiger partial charge in [0.05, 0.1) is 11.7 Å². The van der Waals surface area contributed by atoms with Crippen LogP contribution in [0.3, 0.4) is 0 Å². The average molecular weight is 484 g/mol. The Morgan fingerprint density at radius 2 is 1.97 bits per heavy atom. The smallest absolute Gasteiger partial charge is 0.257 e. The van der Waals surface area contributed by atoms with Crippen LogP contribution >= 0.6 is 0 Å². The van der Waals surface area contributed by atoms with Crippen molar-refractivity contribution in [2.45, 2.75) is 52.3 Å². The van der Waals surface area contributed by atoms with Crippen molar-refractivity contribution in [3.63, 3.8) is 0 Å². The van der Waals surface area contributed by atoms with Crippen LogP contribution < -0.4 is 10.1 Å². The molecule has 0 bridgehead atoms. The summed E-state index contributed by atoms with van der Waals surface area (Å²) < 4.78 is 12.0. The van der Waals surface area contributed by atoms with Gasteiger partial charge in [-0.2, -0.15) is 0 Å². The second kappa shape index (κ2) is 12.6. The summed E-state index contributed by atoms with van der Waals surface area (Å²) in [6, 6.07) is 5.28. The Hall–Kier alpha value is -3.04. The fourth-order valence-corrected chi connectivity index (χ4v) is 4.25.